The van der Waals surface area contributed by atoms with Crippen LogP contribution >= 0.6 is 0 Å². The van der Waals surface area contributed by atoms with E-state index in [0.29, 0.717) is 23.9 Å². The molecule has 2 bridgehead atoms. The van der Waals surface area contributed by atoms with Crippen molar-refractivity contribution in [1.82, 2.24) is 20.0 Å². The third kappa shape index (κ3) is 3.20. The molecule has 3 aliphatic rings. The van der Waals surface area contributed by atoms with E-state index in [1.54, 1.807) is 18.0 Å². The summed E-state index contributed by atoms with van der Waals surface area (Å²) in [5, 5.41) is 7.35. The van der Waals surface area contributed by atoms with Gasteiger partial charge in [0.2, 0.25) is 0 Å². The highest BCUT2D eigenvalue weighted by atomic mass is 16.5. The van der Waals surface area contributed by atoms with Crippen molar-refractivity contribution in [3.05, 3.63) is 47.3 Å². The fourth-order valence-corrected chi connectivity index (χ4v) is 5.74. The lowest BCUT2D eigenvalue weighted by Gasteiger charge is -2.29. The minimum Gasteiger partial charge on any atom is -0.497 e. The third-order valence-electron chi connectivity index (χ3n) is 7.37. The average Bonchev–Trinajstić information content (AvgIpc) is 3.47. The highest BCUT2D eigenvalue weighted by molar-refractivity contribution is 5.95. The van der Waals surface area contributed by atoms with Crippen molar-refractivity contribution in [3.8, 4) is 5.75 Å². The Morgan fingerprint density at radius 3 is 3.07 bits per heavy atom. The van der Waals surface area contributed by atoms with Crippen molar-refractivity contribution in [1.29, 1.82) is 0 Å². The minimum absolute atomic E-state index is 0.0383. The standard InChI is InChI=1S/C23H30N4O3/c1-15-18(11-25-26(15)2)22(28)24-10-19-20-13-27(14-23(20)8-7-21(19)30-23)12-16-5-4-6-17(9-16)29-3/h4-6,9,11,19-21H,7-8,10,12-14H2,1-3H3,(H,24,28)/t19-,20+,21+,23+/m0/s1. The van der Waals surface area contributed by atoms with E-state index in [4.69, 9.17) is 9.47 Å². The molecule has 1 aromatic carbocycles. The number of aryl methyl sites for hydroxylation is 1. The van der Waals surface area contributed by atoms with Crippen molar-refractivity contribution in [2.75, 3.05) is 26.7 Å². The molecule has 7 heteroatoms. The number of carbonyl (C=O) groups excluding carboxylic acids is 1. The van der Waals surface area contributed by atoms with Gasteiger partial charge in [0.05, 0.1) is 30.6 Å². The maximum atomic E-state index is 12.7. The van der Waals surface area contributed by atoms with E-state index >= 15 is 0 Å². The van der Waals surface area contributed by atoms with Crippen LogP contribution in [0.2, 0.25) is 0 Å². The Morgan fingerprint density at radius 2 is 2.30 bits per heavy atom. The number of likely N-dealkylation sites (tertiary alicyclic amines) is 1. The van der Waals surface area contributed by atoms with Gasteiger partial charge in [0.15, 0.2) is 0 Å². The van der Waals surface area contributed by atoms with Gasteiger partial charge in [-0.15, -0.1) is 0 Å². The number of nitrogens with one attached hydrogen (secondary N) is 1. The second-order valence-electron chi connectivity index (χ2n) is 9.03. The van der Waals surface area contributed by atoms with E-state index < -0.39 is 0 Å². The van der Waals surface area contributed by atoms with Crippen LogP contribution in [0.15, 0.2) is 30.5 Å². The molecule has 0 unspecified atom stereocenters. The number of carbonyl (C=O) groups is 1. The molecule has 4 atom stereocenters. The van der Waals surface area contributed by atoms with E-state index in [-0.39, 0.29) is 17.6 Å². The highest BCUT2D eigenvalue weighted by Gasteiger charge is 2.62. The van der Waals surface area contributed by atoms with Crippen LogP contribution in [0.1, 0.15) is 34.5 Å². The van der Waals surface area contributed by atoms with E-state index in [1.807, 2.05) is 26.1 Å². The van der Waals surface area contributed by atoms with Gasteiger partial charge in [-0.25, -0.2) is 0 Å². The molecule has 0 radical (unpaired) electrons. The molecule has 1 amide bonds. The van der Waals surface area contributed by atoms with Gasteiger partial charge >= 0.3 is 0 Å². The molecule has 5 rings (SSSR count). The molecule has 0 saturated carbocycles. The topological polar surface area (TPSA) is 68.6 Å². The van der Waals surface area contributed by atoms with E-state index in [0.717, 1.165) is 43.9 Å². The number of fused-ring (bicyclic) bond motifs is 1. The summed E-state index contributed by atoms with van der Waals surface area (Å²) in [6.45, 7) is 5.47. The first-order valence-electron chi connectivity index (χ1n) is 10.8. The summed E-state index contributed by atoms with van der Waals surface area (Å²) in [5.74, 6) is 1.70. The Labute approximate surface area is 177 Å². The largest absolute Gasteiger partial charge is 0.497 e. The quantitative estimate of drug-likeness (QED) is 0.790. The smallest absolute Gasteiger partial charge is 0.254 e. The first kappa shape index (κ1) is 19.6. The summed E-state index contributed by atoms with van der Waals surface area (Å²) in [7, 11) is 3.56. The number of aromatic nitrogens is 2. The first-order chi connectivity index (χ1) is 14.5. The molecule has 160 valence electrons. The molecule has 1 aromatic heterocycles. The first-order valence-corrected chi connectivity index (χ1v) is 10.8. The normalized spacial score (nSPS) is 29.9. The van der Waals surface area contributed by atoms with Gasteiger partial charge in [0.25, 0.3) is 5.91 Å². The maximum absolute atomic E-state index is 12.7. The maximum Gasteiger partial charge on any atom is 0.254 e. The van der Waals surface area contributed by atoms with Crippen molar-refractivity contribution >= 4 is 5.91 Å². The van der Waals surface area contributed by atoms with Gasteiger partial charge < -0.3 is 14.8 Å². The lowest BCUT2D eigenvalue weighted by molar-refractivity contribution is 0.00212. The monoisotopic (exact) mass is 410 g/mol. The molecule has 3 fully saturated rings. The van der Waals surface area contributed by atoms with Crippen LogP contribution in [-0.4, -0.2) is 59.0 Å². The fraction of sp³-hybridized carbons (Fsp3) is 0.565. The Bertz CT molecular complexity index is 958. The van der Waals surface area contributed by atoms with Gasteiger partial charge in [0, 0.05) is 50.8 Å². The summed E-state index contributed by atoms with van der Waals surface area (Å²) in [5.41, 5.74) is 2.77. The van der Waals surface area contributed by atoms with Crippen LogP contribution in [0.4, 0.5) is 0 Å². The SMILES string of the molecule is COc1cccc(CN2C[C@@H]3[C@H](CNC(=O)c4cnn(C)c4C)[C@H]4CC[C@]3(C2)O4)c1. The minimum atomic E-state index is -0.0385. The van der Waals surface area contributed by atoms with Crippen molar-refractivity contribution in [3.63, 3.8) is 0 Å². The van der Waals surface area contributed by atoms with E-state index in [2.05, 4.69) is 27.4 Å². The van der Waals surface area contributed by atoms with Crippen LogP contribution in [0.5, 0.6) is 5.75 Å². The third-order valence-corrected chi connectivity index (χ3v) is 7.37. The summed E-state index contributed by atoms with van der Waals surface area (Å²) in [6, 6.07) is 8.29. The van der Waals surface area contributed by atoms with Crippen molar-refractivity contribution < 1.29 is 14.3 Å². The van der Waals surface area contributed by atoms with Gasteiger partial charge in [-0.3, -0.25) is 14.4 Å². The molecule has 3 saturated heterocycles. The predicted molar refractivity (Wildman–Crippen MR) is 112 cm³/mol. The summed E-state index contributed by atoms with van der Waals surface area (Å²) in [4.78, 5) is 15.2. The number of ether oxygens (including phenoxy) is 2. The molecule has 3 aliphatic heterocycles. The Kier molecular flexibility index (Phi) is 4.82. The van der Waals surface area contributed by atoms with Crippen LogP contribution in [0.3, 0.4) is 0 Å². The van der Waals surface area contributed by atoms with E-state index in [9.17, 15) is 4.79 Å². The zero-order valence-corrected chi connectivity index (χ0v) is 17.9. The average molecular weight is 411 g/mol. The van der Waals surface area contributed by atoms with Gasteiger partial charge in [-0.2, -0.15) is 5.10 Å². The summed E-state index contributed by atoms with van der Waals surface area (Å²) < 4.78 is 13.6. The molecule has 4 heterocycles. The number of benzene rings is 1. The number of hydrogen-bond donors (Lipinski definition) is 1. The number of nitrogens with zero attached hydrogens (tertiary/aromatic N) is 3. The van der Waals surface area contributed by atoms with E-state index in [1.165, 1.54) is 5.56 Å². The lowest BCUT2D eigenvalue weighted by Crippen LogP contribution is -2.42. The van der Waals surface area contributed by atoms with Crippen LogP contribution in [0.25, 0.3) is 0 Å². The van der Waals surface area contributed by atoms with Crippen LogP contribution in [-0.2, 0) is 18.3 Å². The molecule has 7 nitrogen and oxygen atoms in total. The molecule has 0 aliphatic carbocycles. The summed E-state index contributed by atoms with van der Waals surface area (Å²) >= 11 is 0. The zero-order valence-electron chi connectivity index (χ0n) is 17.9. The fourth-order valence-electron chi connectivity index (χ4n) is 5.74. The summed E-state index contributed by atoms with van der Waals surface area (Å²) in [6.07, 6.45) is 4.14. The number of hydrogen-bond acceptors (Lipinski definition) is 5. The van der Waals surface area contributed by atoms with Crippen molar-refractivity contribution in [2.24, 2.45) is 18.9 Å². The van der Waals surface area contributed by atoms with Crippen molar-refractivity contribution in [2.45, 2.75) is 38.0 Å². The molecule has 30 heavy (non-hydrogen) atoms. The lowest BCUT2D eigenvalue weighted by atomic mass is 9.73. The van der Waals surface area contributed by atoms with Gasteiger partial charge in [-0.05, 0) is 37.5 Å². The number of rotatable bonds is 6. The van der Waals surface area contributed by atoms with Gasteiger partial charge in [-0.1, -0.05) is 12.1 Å². The van der Waals surface area contributed by atoms with Crippen LogP contribution < -0.4 is 10.1 Å². The highest BCUT2D eigenvalue weighted by Crippen LogP contribution is 2.54. The molecular formula is C23H30N4O3. The predicted octanol–water partition coefficient (Wildman–Crippen LogP) is 2.15. The molecule has 1 spiro atoms. The number of methoxy groups -OCH3 is 1. The molecular weight excluding hydrogens is 380 g/mol. The van der Waals surface area contributed by atoms with Gasteiger partial charge in [0.1, 0.15) is 5.75 Å². The number of amides is 1. The Hall–Kier alpha value is -2.38. The Balaban J connectivity index is 1.25. The molecule has 1 N–H and O–H groups in total. The zero-order chi connectivity index (χ0) is 20.9. The second kappa shape index (κ2) is 7.39. The van der Waals surface area contributed by atoms with Crippen LogP contribution in [0, 0.1) is 18.8 Å². The second-order valence-corrected chi connectivity index (χ2v) is 9.03. The molecule has 2 aromatic rings. The Morgan fingerprint density at radius 1 is 1.43 bits per heavy atom.